The van der Waals surface area contributed by atoms with Crippen LogP contribution in [0.4, 0.5) is 0 Å². The van der Waals surface area contributed by atoms with Crippen LogP contribution in [0.5, 0.6) is 0 Å². The van der Waals surface area contributed by atoms with Crippen LogP contribution in [0.3, 0.4) is 0 Å². The maximum atomic E-state index is 9.03. The van der Waals surface area contributed by atoms with Crippen molar-refractivity contribution >= 4 is 11.6 Å². The summed E-state index contributed by atoms with van der Waals surface area (Å²) in [6.07, 6.45) is 12.8. The molecule has 1 nitrogen and oxygen atoms in total. The number of hydrogen-bond acceptors (Lipinski definition) is 1. The van der Waals surface area contributed by atoms with Crippen LogP contribution in [0.1, 0.15) is 60.3 Å². The van der Waals surface area contributed by atoms with Crippen LogP contribution in [-0.4, -0.2) is 5.88 Å². The van der Waals surface area contributed by atoms with Gasteiger partial charge in [-0.25, -0.2) is 0 Å². The predicted molar refractivity (Wildman–Crippen MR) is 99.0 cm³/mol. The van der Waals surface area contributed by atoms with Crippen molar-refractivity contribution in [2.24, 2.45) is 5.92 Å². The molecule has 0 unspecified atom stereocenters. The first kappa shape index (κ1) is 20.7. The van der Waals surface area contributed by atoms with E-state index in [9.17, 15) is 0 Å². The second-order valence-corrected chi connectivity index (χ2v) is 6.48. The lowest BCUT2D eigenvalue weighted by atomic mass is 10.0. The third-order valence-corrected chi connectivity index (χ3v) is 3.99. The van der Waals surface area contributed by atoms with E-state index in [4.69, 9.17) is 16.9 Å². The Morgan fingerprint density at radius 2 is 1.50 bits per heavy atom. The zero-order valence-electron chi connectivity index (χ0n) is 14.7. The molecule has 0 atom stereocenters. The molecule has 0 amide bonds. The van der Waals surface area contributed by atoms with Crippen LogP contribution in [0, 0.1) is 17.2 Å². The molecule has 0 bridgehead atoms. The van der Waals surface area contributed by atoms with E-state index >= 15 is 0 Å². The van der Waals surface area contributed by atoms with Crippen molar-refractivity contribution in [1.29, 1.82) is 5.26 Å². The van der Waals surface area contributed by atoms with E-state index in [1.165, 1.54) is 16.7 Å². The van der Waals surface area contributed by atoms with E-state index in [-0.39, 0.29) is 0 Å². The third-order valence-electron chi connectivity index (χ3n) is 3.57. The van der Waals surface area contributed by atoms with Gasteiger partial charge in [-0.15, -0.1) is 11.6 Å². The Morgan fingerprint density at radius 3 is 2.00 bits per heavy atom. The van der Waals surface area contributed by atoms with E-state index in [0.717, 1.165) is 31.3 Å². The van der Waals surface area contributed by atoms with Crippen molar-refractivity contribution in [3.63, 3.8) is 0 Å². The number of rotatable bonds is 9. The van der Waals surface area contributed by atoms with Gasteiger partial charge in [-0.05, 0) is 58.4 Å². The summed E-state index contributed by atoms with van der Waals surface area (Å²) >= 11 is 5.75. The van der Waals surface area contributed by atoms with E-state index in [1.54, 1.807) is 0 Å². The molecule has 0 heterocycles. The normalized spacial score (nSPS) is 14.5. The Bertz CT molecular complexity index is 484. The summed E-state index contributed by atoms with van der Waals surface area (Å²) in [5.74, 6) is 0.919. The topological polar surface area (TPSA) is 23.8 Å². The SMILES string of the molecule is C/C(=C\CC/C(C)=C/CC/C(C)=C/C=C(\C#N)C(C)C)CCl. The van der Waals surface area contributed by atoms with Gasteiger partial charge in [0.25, 0.3) is 0 Å². The lowest BCUT2D eigenvalue weighted by Gasteiger charge is -2.02. The number of nitriles is 1. The number of hydrogen-bond donors (Lipinski definition) is 0. The summed E-state index contributed by atoms with van der Waals surface area (Å²) in [6.45, 7) is 10.5. The summed E-state index contributed by atoms with van der Waals surface area (Å²) in [5, 5.41) is 9.03. The number of allylic oxidation sites excluding steroid dienone is 8. The second kappa shape index (κ2) is 12.3. The average molecular weight is 320 g/mol. The summed E-state index contributed by atoms with van der Waals surface area (Å²) in [4.78, 5) is 0. The number of alkyl halides is 1. The minimum Gasteiger partial charge on any atom is -0.193 e. The highest BCUT2D eigenvalue weighted by atomic mass is 35.5. The lowest BCUT2D eigenvalue weighted by molar-refractivity contribution is 0.795. The van der Waals surface area contributed by atoms with Gasteiger partial charge in [0.2, 0.25) is 0 Å². The highest BCUT2D eigenvalue weighted by Crippen LogP contribution is 2.13. The van der Waals surface area contributed by atoms with Crippen molar-refractivity contribution < 1.29 is 0 Å². The highest BCUT2D eigenvalue weighted by molar-refractivity contribution is 6.19. The third kappa shape index (κ3) is 10.5. The summed E-state index contributed by atoms with van der Waals surface area (Å²) < 4.78 is 0. The predicted octanol–water partition coefficient (Wildman–Crippen LogP) is 6.73. The molecule has 0 saturated carbocycles. The largest absolute Gasteiger partial charge is 0.193 e. The van der Waals surface area contributed by atoms with Gasteiger partial charge in [-0.1, -0.05) is 48.8 Å². The molecule has 0 aliphatic carbocycles. The standard InChI is InChI=1S/C20H30ClN/c1-16(2)20(15-22)13-12-18(4)10-6-8-17(3)9-7-11-19(5)14-21/h8,11-13,16H,6-7,9-10,14H2,1-5H3/b17-8+,18-12+,19-11+,20-13+. The molecule has 0 aliphatic heterocycles. The molecule has 0 aliphatic rings. The Morgan fingerprint density at radius 1 is 0.955 bits per heavy atom. The van der Waals surface area contributed by atoms with Crippen molar-refractivity contribution in [3.05, 3.63) is 46.6 Å². The molecule has 0 N–H and O–H groups in total. The van der Waals surface area contributed by atoms with Gasteiger partial charge in [0, 0.05) is 11.5 Å². The Hall–Kier alpha value is -1.26. The lowest BCUT2D eigenvalue weighted by Crippen LogP contribution is -1.89. The highest BCUT2D eigenvalue weighted by Gasteiger charge is 1.99. The van der Waals surface area contributed by atoms with Gasteiger partial charge >= 0.3 is 0 Å². The minimum absolute atomic E-state index is 0.292. The van der Waals surface area contributed by atoms with Crippen LogP contribution >= 0.6 is 11.6 Å². The first-order valence-electron chi connectivity index (χ1n) is 8.05. The maximum Gasteiger partial charge on any atom is 0.0949 e. The van der Waals surface area contributed by atoms with Crippen LogP contribution in [-0.2, 0) is 0 Å². The Balaban J connectivity index is 4.28. The van der Waals surface area contributed by atoms with Gasteiger partial charge < -0.3 is 0 Å². The molecular weight excluding hydrogens is 290 g/mol. The van der Waals surface area contributed by atoms with Crippen LogP contribution < -0.4 is 0 Å². The van der Waals surface area contributed by atoms with Gasteiger partial charge in [-0.2, -0.15) is 5.26 Å². The van der Waals surface area contributed by atoms with E-state index < -0.39 is 0 Å². The molecule has 2 heteroatoms. The van der Waals surface area contributed by atoms with Crippen LogP contribution in [0.15, 0.2) is 46.6 Å². The molecule has 0 aromatic rings. The summed E-state index contributed by atoms with van der Waals surface area (Å²) in [6, 6.07) is 2.26. The van der Waals surface area contributed by atoms with Crippen molar-refractivity contribution in [3.8, 4) is 6.07 Å². The quantitative estimate of drug-likeness (QED) is 0.200. The van der Waals surface area contributed by atoms with Crippen molar-refractivity contribution in [2.75, 3.05) is 5.88 Å². The molecule has 0 fully saturated rings. The van der Waals surface area contributed by atoms with Crippen molar-refractivity contribution in [1.82, 2.24) is 0 Å². The number of halogens is 1. The zero-order valence-corrected chi connectivity index (χ0v) is 15.5. The van der Waals surface area contributed by atoms with Gasteiger partial charge in [0.15, 0.2) is 0 Å². The second-order valence-electron chi connectivity index (χ2n) is 6.21. The smallest absolute Gasteiger partial charge is 0.0949 e. The first-order chi connectivity index (χ1) is 10.4. The molecule has 22 heavy (non-hydrogen) atoms. The minimum atomic E-state index is 0.292. The maximum absolute atomic E-state index is 9.03. The summed E-state index contributed by atoms with van der Waals surface area (Å²) in [5.41, 5.74) is 4.84. The molecule has 0 rings (SSSR count). The fourth-order valence-corrected chi connectivity index (χ4v) is 2.03. The molecule has 122 valence electrons. The molecule has 0 aromatic heterocycles. The fourth-order valence-electron chi connectivity index (χ4n) is 1.92. The van der Waals surface area contributed by atoms with E-state index in [1.807, 2.05) is 19.9 Å². The van der Waals surface area contributed by atoms with Crippen LogP contribution in [0.25, 0.3) is 0 Å². The molecule has 0 spiro atoms. The van der Waals surface area contributed by atoms with Crippen LogP contribution in [0.2, 0.25) is 0 Å². The van der Waals surface area contributed by atoms with Gasteiger partial charge in [-0.3, -0.25) is 0 Å². The summed E-state index contributed by atoms with van der Waals surface area (Å²) in [7, 11) is 0. The van der Waals surface area contributed by atoms with E-state index in [2.05, 4.69) is 45.1 Å². The molecular formula is C20H30ClN. The Labute approximate surface area is 142 Å². The van der Waals surface area contributed by atoms with Gasteiger partial charge in [0.05, 0.1) is 6.07 Å². The average Bonchev–Trinajstić information content (AvgIpc) is 2.47. The zero-order chi connectivity index (χ0) is 17.0. The fraction of sp³-hybridized carbons (Fsp3) is 0.550. The van der Waals surface area contributed by atoms with Gasteiger partial charge in [0.1, 0.15) is 0 Å². The van der Waals surface area contributed by atoms with Crippen molar-refractivity contribution in [2.45, 2.75) is 60.3 Å². The van der Waals surface area contributed by atoms with E-state index in [0.29, 0.717) is 11.8 Å². The monoisotopic (exact) mass is 319 g/mol. The molecule has 0 radical (unpaired) electrons. The first-order valence-corrected chi connectivity index (χ1v) is 8.58. The number of nitrogens with zero attached hydrogens (tertiary/aromatic N) is 1. The molecule has 0 aromatic carbocycles. The Kier molecular flexibility index (Phi) is 11.6. The molecule has 0 saturated heterocycles.